The second-order valence-electron chi connectivity index (χ2n) is 8.51. The van der Waals surface area contributed by atoms with Gasteiger partial charge in [0.15, 0.2) is 0 Å². The largest absolute Gasteiger partial charge is 0.438 e. The molecule has 0 bridgehead atoms. The number of urea groups is 1. The third-order valence-corrected chi connectivity index (χ3v) is 5.54. The van der Waals surface area contributed by atoms with E-state index >= 15 is 0 Å². The van der Waals surface area contributed by atoms with Crippen LogP contribution in [0.2, 0.25) is 0 Å². The zero-order valence-electron chi connectivity index (χ0n) is 20.4. The third kappa shape index (κ3) is 6.00. The molecular formula is C28H29N5O2. The quantitative estimate of drug-likeness (QED) is 0.306. The van der Waals surface area contributed by atoms with Crippen LogP contribution in [0.25, 0.3) is 11.3 Å². The third-order valence-electron chi connectivity index (χ3n) is 5.54. The van der Waals surface area contributed by atoms with Crippen molar-refractivity contribution in [2.45, 2.75) is 40.0 Å². The van der Waals surface area contributed by atoms with Crippen LogP contribution in [0, 0.1) is 6.92 Å². The summed E-state index contributed by atoms with van der Waals surface area (Å²) in [6, 6.07) is 18.6. The summed E-state index contributed by atoms with van der Waals surface area (Å²) in [5.74, 6) is 2.31. The fourth-order valence-electron chi connectivity index (χ4n) is 3.58. The van der Waals surface area contributed by atoms with E-state index in [2.05, 4.69) is 39.4 Å². The van der Waals surface area contributed by atoms with E-state index in [1.165, 1.54) is 5.56 Å². The Morgan fingerprint density at radius 1 is 0.943 bits per heavy atom. The molecule has 2 aromatic heterocycles. The monoisotopic (exact) mass is 467 g/mol. The molecule has 7 nitrogen and oxygen atoms in total. The van der Waals surface area contributed by atoms with Gasteiger partial charge in [0.25, 0.3) is 0 Å². The van der Waals surface area contributed by atoms with Gasteiger partial charge >= 0.3 is 6.03 Å². The molecule has 0 aliphatic carbocycles. The Labute approximate surface area is 205 Å². The first kappa shape index (κ1) is 23.9. The van der Waals surface area contributed by atoms with Crippen molar-refractivity contribution < 1.29 is 9.53 Å². The van der Waals surface area contributed by atoms with Gasteiger partial charge in [-0.2, -0.15) is 0 Å². The second-order valence-corrected chi connectivity index (χ2v) is 8.51. The van der Waals surface area contributed by atoms with E-state index in [0.29, 0.717) is 23.2 Å². The molecule has 0 saturated carbocycles. The van der Waals surface area contributed by atoms with Gasteiger partial charge in [-0.25, -0.2) is 19.7 Å². The van der Waals surface area contributed by atoms with Gasteiger partial charge in [-0.1, -0.05) is 32.9 Å². The predicted octanol–water partition coefficient (Wildman–Crippen LogP) is 6.97. The molecule has 0 radical (unpaired) electrons. The molecule has 2 N–H and O–H groups in total. The number of hydrogen-bond donors (Lipinski definition) is 2. The van der Waals surface area contributed by atoms with Crippen LogP contribution in [0.15, 0.2) is 73.1 Å². The summed E-state index contributed by atoms with van der Waals surface area (Å²) >= 11 is 0. The summed E-state index contributed by atoms with van der Waals surface area (Å²) < 4.78 is 6.15. The summed E-state index contributed by atoms with van der Waals surface area (Å²) in [4.78, 5) is 25.7. The van der Waals surface area contributed by atoms with Crippen LogP contribution in [0.3, 0.4) is 0 Å². The lowest BCUT2D eigenvalue weighted by Crippen LogP contribution is -2.19. The van der Waals surface area contributed by atoms with Crippen LogP contribution in [-0.4, -0.2) is 21.0 Å². The number of carbonyl (C=O) groups is 1. The van der Waals surface area contributed by atoms with Crippen molar-refractivity contribution in [2.24, 2.45) is 0 Å². The van der Waals surface area contributed by atoms with Crippen molar-refractivity contribution in [2.75, 3.05) is 10.6 Å². The summed E-state index contributed by atoms with van der Waals surface area (Å²) in [5, 5.41) is 5.73. The Balaban J connectivity index is 1.46. The van der Waals surface area contributed by atoms with Crippen LogP contribution in [-0.2, 0) is 6.42 Å². The molecule has 0 atom stereocenters. The predicted molar refractivity (Wildman–Crippen MR) is 139 cm³/mol. The van der Waals surface area contributed by atoms with E-state index in [1.807, 2.05) is 68.4 Å². The minimum atomic E-state index is -0.308. The number of carbonyl (C=O) groups excluding carboxylic acids is 1. The lowest BCUT2D eigenvalue weighted by molar-refractivity contribution is 0.262. The lowest BCUT2D eigenvalue weighted by Gasteiger charge is -2.14. The first-order chi connectivity index (χ1) is 16.9. The van der Waals surface area contributed by atoms with Gasteiger partial charge in [-0.15, -0.1) is 0 Å². The van der Waals surface area contributed by atoms with Gasteiger partial charge in [0.05, 0.1) is 11.3 Å². The number of anilines is 2. The summed E-state index contributed by atoms with van der Waals surface area (Å²) in [6.45, 7) is 8.21. The van der Waals surface area contributed by atoms with E-state index < -0.39 is 0 Å². The maximum atomic E-state index is 12.5. The van der Waals surface area contributed by atoms with Crippen molar-refractivity contribution in [3.8, 4) is 22.9 Å². The molecule has 4 aromatic rings. The van der Waals surface area contributed by atoms with Crippen molar-refractivity contribution >= 4 is 17.4 Å². The van der Waals surface area contributed by atoms with Crippen molar-refractivity contribution in [1.82, 2.24) is 15.0 Å². The topological polar surface area (TPSA) is 89.0 Å². The highest BCUT2D eigenvalue weighted by atomic mass is 16.5. The highest BCUT2D eigenvalue weighted by molar-refractivity contribution is 5.99. The van der Waals surface area contributed by atoms with Gasteiger partial charge in [0.2, 0.25) is 5.88 Å². The van der Waals surface area contributed by atoms with Crippen LogP contribution >= 0.6 is 0 Å². The minimum Gasteiger partial charge on any atom is -0.438 e. The Kier molecular flexibility index (Phi) is 7.35. The van der Waals surface area contributed by atoms with Crippen molar-refractivity contribution in [1.29, 1.82) is 0 Å². The number of hydrogen-bond acceptors (Lipinski definition) is 5. The van der Waals surface area contributed by atoms with Crippen molar-refractivity contribution in [3.63, 3.8) is 0 Å². The summed E-state index contributed by atoms with van der Waals surface area (Å²) in [6.07, 6.45) is 4.17. The molecule has 0 saturated heterocycles. The Morgan fingerprint density at radius 3 is 2.40 bits per heavy atom. The molecule has 2 amide bonds. The Hall–Kier alpha value is -4.26. The number of nitrogens with one attached hydrogen (secondary N) is 2. The van der Waals surface area contributed by atoms with Gasteiger partial charge in [-0.3, -0.25) is 0 Å². The van der Waals surface area contributed by atoms with E-state index in [-0.39, 0.29) is 6.03 Å². The number of benzene rings is 2. The maximum Gasteiger partial charge on any atom is 0.323 e. The fraction of sp³-hybridized carbons (Fsp3) is 0.214. The summed E-state index contributed by atoms with van der Waals surface area (Å²) in [5.41, 5.74) is 5.03. The number of aryl methyl sites for hydroxylation is 2. The van der Waals surface area contributed by atoms with Gasteiger partial charge < -0.3 is 15.4 Å². The zero-order valence-corrected chi connectivity index (χ0v) is 20.4. The number of pyridine rings is 1. The lowest BCUT2D eigenvalue weighted by atomic mass is 10.0. The van der Waals surface area contributed by atoms with Gasteiger partial charge in [0, 0.05) is 30.2 Å². The normalized spacial score (nSPS) is 10.8. The zero-order chi connectivity index (χ0) is 24.8. The molecule has 178 valence electrons. The van der Waals surface area contributed by atoms with Crippen molar-refractivity contribution in [3.05, 3.63) is 90.0 Å². The number of ether oxygens (including phenoxy) is 1. The molecule has 0 spiro atoms. The van der Waals surface area contributed by atoms with E-state index in [0.717, 1.165) is 34.8 Å². The highest BCUT2D eigenvalue weighted by Crippen LogP contribution is 2.32. The van der Waals surface area contributed by atoms with Gasteiger partial charge in [-0.05, 0) is 72.5 Å². The highest BCUT2D eigenvalue weighted by Gasteiger charge is 2.13. The standard InChI is InChI=1S/C28H29N5O2/c1-5-26-29-16-14-24(33-26)23-7-6-15-30-27(23)35-25-13-12-22(17-19(25)4)32-28(34)31-21-10-8-20(9-11-21)18(2)3/h6-18H,5H2,1-4H3,(H2,31,32,34). The van der Waals surface area contributed by atoms with Crippen LogP contribution in [0.4, 0.5) is 16.2 Å². The average Bonchev–Trinajstić information content (AvgIpc) is 2.86. The number of aromatic nitrogens is 3. The Morgan fingerprint density at radius 2 is 1.69 bits per heavy atom. The molecule has 0 aliphatic heterocycles. The summed E-state index contributed by atoms with van der Waals surface area (Å²) in [7, 11) is 0. The first-order valence-corrected chi connectivity index (χ1v) is 11.7. The first-order valence-electron chi connectivity index (χ1n) is 11.7. The molecule has 0 aliphatic rings. The molecule has 0 unspecified atom stereocenters. The van der Waals surface area contributed by atoms with E-state index in [1.54, 1.807) is 18.5 Å². The molecule has 35 heavy (non-hydrogen) atoms. The molecule has 4 rings (SSSR count). The number of rotatable bonds is 7. The molecule has 0 fully saturated rings. The minimum absolute atomic E-state index is 0.308. The number of amides is 2. The fourth-order valence-corrected chi connectivity index (χ4v) is 3.58. The van der Waals surface area contributed by atoms with Gasteiger partial charge in [0.1, 0.15) is 11.6 Å². The van der Waals surface area contributed by atoms with Crippen LogP contribution < -0.4 is 15.4 Å². The number of nitrogens with zero attached hydrogens (tertiary/aromatic N) is 3. The van der Waals surface area contributed by atoms with E-state index in [4.69, 9.17) is 4.74 Å². The smallest absolute Gasteiger partial charge is 0.323 e. The molecular weight excluding hydrogens is 438 g/mol. The average molecular weight is 468 g/mol. The molecule has 7 heteroatoms. The molecule has 2 heterocycles. The second kappa shape index (κ2) is 10.8. The van der Waals surface area contributed by atoms with Crippen LogP contribution in [0.5, 0.6) is 11.6 Å². The Bertz CT molecular complexity index is 1320. The molecule has 2 aromatic carbocycles. The maximum absolute atomic E-state index is 12.5. The SMILES string of the molecule is CCc1nccc(-c2cccnc2Oc2ccc(NC(=O)Nc3ccc(C(C)C)cc3)cc2C)n1. The van der Waals surface area contributed by atoms with Crippen LogP contribution in [0.1, 0.15) is 43.6 Å². The van der Waals surface area contributed by atoms with E-state index in [9.17, 15) is 4.79 Å².